The summed E-state index contributed by atoms with van der Waals surface area (Å²) in [7, 11) is 0. The summed E-state index contributed by atoms with van der Waals surface area (Å²) in [6.07, 6.45) is 5.55. The van der Waals surface area contributed by atoms with E-state index in [0.717, 1.165) is 44.2 Å². The fourth-order valence-electron chi connectivity index (χ4n) is 3.45. The minimum absolute atomic E-state index is 0.135. The minimum Gasteiger partial charge on any atom is -0.352 e. The highest BCUT2D eigenvalue weighted by Crippen LogP contribution is 2.29. The Labute approximate surface area is 163 Å². The Bertz CT molecular complexity index is 616. The van der Waals surface area contributed by atoms with E-state index in [4.69, 9.17) is 18.9 Å². The van der Waals surface area contributed by atoms with E-state index < -0.39 is 23.7 Å². The van der Waals surface area contributed by atoms with Crippen LogP contribution in [-0.4, -0.2) is 32.7 Å². The predicted octanol–water partition coefficient (Wildman–Crippen LogP) is 4.89. The number of hydrogen-bond donors (Lipinski definition) is 0. The van der Waals surface area contributed by atoms with Crippen LogP contribution in [0.25, 0.3) is 0 Å². The monoisotopic (exact) mass is 400 g/mol. The molecule has 0 atom stereocenters. The Morgan fingerprint density at radius 1 is 0.857 bits per heavy atom. The first-order chi connectivity index (χ1) is 13.6. The van der Waals surface area contributed by atoms with Crippen LogP contribution in [0.5, 0.6) is 0 Å². The smallest absolute Gasteiger partial charge is 0.194 e. The van der Waals surface area contributed by atoms with Gasteiger partial charge in [0, 0.05) is 17.4 Å². The first-order valence-corrected chi connectivity index (χ1v) is 9.78. The lowest BCUT2D eigenvalue weighted by Crippen LogP contribution is -2.33. The lowest BCUT2D eigenvalue weighted by molar-refractivity contribution is -0.220. The topological polar surface area (TPSA) is 36.9 Å². The second-order valence-electron chi connectivity index (χ2n) is 7.42. The summed E-state index contributed by atoms with van der Waals surface area (Å²) in [5, 5.41) is 0. The molecule has 0 amide bonds. The quantitative estimate of drug-likeness (QED) is 0.354. The zero-order valence-corrected chi connectivity index (χ0v) is 15.9. The Morgan fingerprint density at radius 2 is 1.43 bits per heavy atom. The van der Waals surface area contributed by atoms with Crippen molar-refractivity contribution in [3.05, 3.63) is 47.8 Å². The maximum Gasteiger partial charge on any atom is 0.194 e. The molecule has 28 heavy (non-hydrogen) atoms. The molecule has 0 N–H and O–H groups in total. The Hall–Kier alpha value is -1.41. The molecule has 0 aromatic heterocycles. The van der Waals surface area contributed by atoms with Crippen molar-refractivity contribution < 1.29 is 32.1 Å². The van der Waals surface area contributed by atoms with Gasteiger partial charge in [0.05, 0.1) is 26.4 Å². The normalized spacial score (nSPS) is 28.2. The fourth-order valence-corrected chi connectivity index (χ4v) is 3.45. The van der Waals surface area contributed by atoms with Crippen LogP contribution in [0.1, 0.15) is 44.0 Å². The van der Waals surface area contributed by atoms with Gasteiger partial charge in [0.2, 0.25) is 0 Å². The molecule has 3 rings (SSSR count). The molecule has 1 aromatic rings. The van der Waals surface area contributed by atoms with Crippen LogP contribution in [0.15, 0.2) is 24.8 Å². The standard InChI is InChI=1S/C21H27F3O4/c1-2-3-4-5-14-10-25-19(26-11-14)7-6-15-12-27-21(28-13-15)16-8-17(22)20(24)18(23)9-16/h2,8-9,14-15,19,21H,1,3-7,10-13H2. The lowest BCUT2D eigenvalue weighted by Gasteiger charge is -2.32. The minimum atomic E-state index is -1.49. The Kier molecular flexibility index (Phi) is 7.91. The lowest BCUT2D eigenvalue weighted by atomic mass is 10.0. The van der Waals surface area contributed by atoms with Crippen molar-refractivity contribution in [2.24, 2.45) is 11.8 Å². The van der Waals surface area contributed by atoms with Gasteiger partial charge in [0.1, 0.15) is 0 Å². The van der Waals surface area contributed by atoms with E-state index >= 15 is 0 Å². The Balaban J connectivity index is 1.36. The molecular weight excluding hydrogens is 373 g/mol. The maximum absolute atomic E-state index is 13.4. The van der Waals surface area contributed by atoms with Crippen molar-refractivity contribution in [2.45, 2.75) is 44.7 Å². The van der Waals surface area contributed by atoms with Crippen LogP contribution in [0.3, 0.4) is 0 Å². The third-order valence-electron chi connectivity index (χ3n) is 5.11. The van der Waals surface area contributed by atoms with E-state index in [-0.39, 0.29) is 17.8 Å². The van der Waals surface area contributed by atoms with Crippen molar-refractivity contribution in [3.63, 3.8) is 0 Å². The van der Waals surface area contributed by atoms with Gasteiger partial charge in [-0.25, -0.2) is 13.2 Å². The average Bonchev–Trinajstić information content (AvgIpc) is 2.71. The van der Waals surface area contributed by atoms with Gasteiger partial charge >= 0.3 is 0 Å². The Morgan fingerprint density at radius 3 is 2.04 bits per heavy atom. The van der Waals surface area contributed by atoms with Gasteiger partial charge in [-0.1, -0.05) is 6.08 Å². The molecule has 7 heteroatoms. The third-order valence-corrected chi connectivity index (χ3v) is 5.11. The summed E-state index contributed by atoms with van der Waals surface area (Å²) >= 11 is 0. The molecule has 4 nitrogen and oxygen atoms in total. The zero-order chi connectivity index (χ0) is 19.9. The van der Waals surface area contributed by atoms with E-state index in [0.29, 0.717) is 32.3 Å². The summed E-state index contributed by atoms with van der Waals surface area (Å²) in [4.78, 5) is 0. The van der Waals surface area contributed by atoms with E-state index in [2.05, 4.69) is 6.58 Å². The fraction of sp³-hybridized carbons (Fsp3) is 0.619. The molecule has 0 spiro atoms. The number of hydrogen-bond acceptors (Lipinski definition) is 4. The van der Waals surface area contributed by atoms with E-state index in [9.17, 15) is 13.2 Å². The van der Waals surface area contributed by atoms with Crippen LogP contribution in [0.2, 0.25) is 0 Å². The van der Waals surface area contributed by atoms with Gasteiger partial charge in [0.25, 0.3) is 0 Å². The molecule has 0 saturated carbocycles. The molecule has 0 aliphatic carbocycles. The number of rotatable bonds is 8. The van der Waals surface area contributed by atoms with E-state index in [1.165, 1.54) is 0 Å². The molecule has 0 bridgehead atoms. The van der Waals surface area contributed by atoms with E-state index in [1.54, 1.807) is 0 Å². The van der Waals surface area contributed by atoms with Crippen molar-refractivity contribution in [2.75, 3.05) is 26.4 Å². The van der Waals surface area contributed by atoms with Gasteiger partial charge in [-0.15, -0.1) is 6.58 Å². The highest BCUT2D eigenvalue weighted by Gasteiger charge is 2.28. The molecule has 0 radical (unpaired) electrons. The van der Waals surface area contributed by atoms with Crippen LogP contribution in [-0.2, 0) is 18.9 Å². The van der Waals surface area contributed by atoms with Crippen molar-refractivity contribution in [1.29, 1.82) is 0 Å². The predicted molar refractivity (Wildman–Crippen MR) is 96.9 cm³/mol. The van der Waals surface area contributed by atoms with Crippen molar-refractivity contribution in [1.82, 2.24) is 0 Å². The molecule has 2 aliphatic rings. The SMILES string of the molecule is C=CCCCC1COC(CCC2COC(c3cc(F)c(F)c(F)c3)OC2)OC1. The molecule has 1 aromatic carbocycles. The first-order valence-electron chi connectivity index (χ1n) is 9.78. The van der Waals surface area contributed by atoms with Gasteiger partial charge < -0.3 is 18.9 Å². The number of halogens is 3. The molecule has 0 unspecified atom stereocenters. The molecule has 2 aliphatic heterocycles. The largest absolute Gasteiger partial charge is 0.352 e. The van der Waals surface area contributed by atoms with Crippen LogP contribution in [0, 0.1) is 29.3 Å². The number of allylic oxidation sites excluding steroid dienone is 1. The summed E-state index contributed by atoms with van der Waals surface area (Å²) in [5.41, 5.74) is 0.135. The molecule has 2 saturated heterocycles. The number of unbranched alkanes of at least 4 members (excludes halogenated alkanes) is 1. The maximum atomic E-state index is 13.4. The van der Waals surface area contributed by atoms with Gasteiger partial charge in [0.15, 0.2) is 30.0 Å². The highest BCUT2D eigenvalue weighted by molar-refractivity contribution is 5.20. The summed E-state index contributed by atoms with van der Waals surface area (Å²) in [5.74, 6) is -3.41. The second kappa shape index (κ2) is 10.4. The van der Waals surface area contributed by atoms with Gasteiger partial charge in [-0.05, 0) is 44.2 Å². The van der Waals surface area contributed by atoms with Crippen LogP contribution >= 0.6 is 0 Å². The molecular formula is C21H27F3O4. The zero-order valence-electron chi connectivity index (χ0n) is 15.9. The first kappa shape index (κ1) is 21.3. The molecule has 156 valence electrons. The summed E-state index contributed by atoms with van der Waals surface area (Å²) in [6, 6.07) is 1.80. The third kappa shape index (κ3) is 5.80. The van der Waals surface area contributed by atoms with Crippen LogP contribution in [0.4, 0.5) is 13.2 Å². The highest BCUT2D eigenvalue weighted by atomic mass is 19.2. The number of benzene rings is 1. The van der Waals surface area contributed by atoms with Crippen molar-refractivity contribution >= 4 is 0 Å². The average molecular weight is 400 g/mol. The molecule has 2 heterocycles. The summed E-state index contributed by atoms with van der Waals surface area (Å²) in [6.45, 7) is 5.93. The second-order valence-corrected chi connectivity index (χ2v) is 7.42. The number of ether oxygens (including phenoxy) is 4. The molecule has 2 fully saturated rings. The van der Waals surface area contributed by atoms with Crippen molar-refractivity contribution in [3.8, 4) is 0 Å². The van der Waals surface area contributed by atoms with E-state index in [1.807, 2.05) is 6.08 Å². The van der Waals surface area contributed by atoms with Gasteiger partial charge in [-0.2, -0.15) is 0 Å². The van der Waals surface area contributed by atoms with Gasteiger partial charge in [-0.3, -0.25) is 0 Å². The summed E-state index contributed by atoms with van der Waals surface area (Å²) < 4.78 is 62.5. The van der Waals surface area contributed by atoms with Crippen LogP contribution < -0.4 is 0 Å².